The van der Waals surface area contributed by atoms with Gasteiger partial charge in [0.25, 0.3) is 5.91 Å². The molecule has 0 aliphatic carbocycles. The van der Waals surface area contributed by atoms with E-state index in [2.05, 4.69) is 27.3 Å². The van der Waals surface area contributed by atoms with Crippen LogP contribution in [0.3, 0.4) is 0 Å². The van der Waals surface area contributed by atoms with Gasteiger partial charge in [-0.1, -0.05) is 6.92 Å². The number of carbonyl (C=O) groups excluding carboxylic acids is 2. The van der Waals surface area contributed by atoms with Crippen LogP contribution in [0.1, 0.15) is 50.0 Å². The number of nitrogens with zero attached hydrogens (tertiary/aromatic N) is 4. The van der Waals surface area contributed by atoms with Crippen LogP contribution in [0, 0.1) is 5.92 Å². The third kappa shape index (κ3) is 5.08. The summed E-state index contributed by atoms with van der Waals surface area (Å²) < 4.78 is 5.01. The molecule has 0 spiro atoms. The molecule has 2 aliphatic heterocycles. The Morgan fingerprint density at radius 1 is 1.11 bits per heavy atom. The second-order valence-electron chi connectivity index (χ2n) is 7.38. The number of aromatic nitrogens is 2. The molecule has 0 unspecified atom stereocenters. The van der Waals surface area contributed by atoms with E-state index in [4.69, 9.17) is 4.74 Å². The lowest BCUT2D eigenvalue weighted by Gasteiger charge is -2.31. The summed E-state index contributed by atoms with van der Waals surface area (Å²) in [6.45, 7) is 7.59. The molecule has 2 aliphatic rings. The van der Waals surface area contributed by atoms with E-state index in [0.717, 1.165) is 37.7 Å². The second kappa shape index (κ2) is 9.01. The molecule has 0 atom stereocenters. The Labute approximate surface area is 160 Å². The lowest BCUT2D eigenvalue weighted by Crippen LogP contribution is -2.46. The van der Waals surface area contributed by atoms with Crippen molar-refractivity contribution in [2.45, 2.75) is 45.6 Å². The van der Waals surface area contributed by atoms with Crippen LogP contribution in [0.2, 0.25) is 0 Å². The second-order valence-corrected chi connectivity index (χ2v) is 7.38. The van der Waals surface area contributed by atoms with Crippen LogP contribution in [0.15, 0.2) is 12.1 Å². The van der Waals surface area contributed by atoms with E-state index in [9.17, 15) is 9.59 Å². The highest BCUT2D eigenvalue weighted by molar-refractivity contribution is 5.92. The molecule has 27 heavy (non-hydrogen) atoms. The molecule has 8 nitrogen and oxygen atoms in total. The molecule has 148 valence electrons. The quantitative estimate of drug-likeness (QED) is 0.867. The van der Waals surface area contributed by atoms with Gasteiger partial charge in [0.2, 0.25) is 0 Å². The predicted molar refractivity (Wildman–Crippen MR) is 102 cm³/mol. The lowest BCUT2D eigenvalue weighted by molar-refractivity contribution is 0.0856. The lowest BCUT2D eigenvalue weighted by atomic mass is 9.99. The number of amides is 2. The molecule has 1 aromatic rings. The van der Waals surface area contributed by atoms with Crippen molar-refractivity contribution >= 4 is 17.8 Å². The Kier molecular flexibility index (Phi) is 6.47. The van der Waals surface area contributed by atoms with Crippen LogP contribution in [0.5, 0.6) is 0 Å². The van der Waals surface area contributed by atoms with Crippen molar-refractivity contribution in [3.63, 3.8) is 0 Å². The fourth-order valence-corrected chi connectivity index (χ4v) is 3.53. The predicted octanol–water partition coefficient (Wildman–Crippen LogP) is 2.06. The molecule has 1 N–H and O–H groups in total. The average molecular weight is 375 g/mol. The summed E-state index contributed by atoms with van der Waals surface area (Å²) >= 11 is 0. The number of likely N-dealkylation sites (tertiary alicyclic amines) is 1. The summed E-state index contributed by atoms with van der Waals surface area (Å²) in [6, 6.07) is 3.65. The Morgan fingerprint density at radius 3 is 2.41 bits per heavy atom. The summed E-state index contributed by atoms with van der Waals surface area (Å²) in [6.07, 6.45) is 3.46. The highest BCUT2D eigenvalue weighted by Gasteiger charge is 2.25. The summed E-state index contributed by atoms with van der Waals surface area (Å²) in [5, 5.41) is 11.4. The van der Waals surface area contributed by atoms with Gasteiger partial charge in [-0.25, -0.2) is 4.79 Å². The SMILES string of the molecule is CCOC(=O)N1CCC(NC(=O)c2ccc(N3CCC(C)CC3)nn2)CC1. The van der Waals surface area contributed by atoms with E-state index in [1.54, 1.807) is 17.9 Å². The number of anilines is 1. The van der Waals surface area contributed by atoms with E-state index >= 15 is 0 Å². The molecule has 2 fully saturated rings. The van der Waals surface area contributed by atoms with Crippen LogP contribution in [-0.2, 0) is 4.74 Å². The van der Waals surface area contributed by atoms with Crippen molar-refractivity contribution in [1.29, 1.82) is 0 Å². The number of carbonyl (C=O) groups is 2. The van der Waals surface area contributed by atoms with Crippen molar-refractivity contribution < 1.29 is 14.3 Å². The third-order valence-electron chi connectivity index (χ3n) is 5.35. The maximum atomic E-state index is 12.4. The smallest absolute Gasteiger partial charge is 0.409 e. The van der Waals surface area contributed by atoms with Crippen molar-refractivity contribution in [3.8, 4) is 0 Å². The van der Waals surface area contributed by atoms with Crippen LogP contribution < -0.4 is 10.2 Å². The van der Waals surface area contributed by atoms with E-state index < -0.39 is 0 Å². The Bertz CT molecular complexity index is 635. The molecule has 3 rings (SSSR count). The number of hydrogen-bond acceptors (Lipinski definition) is 6. The minimum Gasteiger partial charge on any atom is -0.450 e. The molecular weight excluding hydrogens is 346 g/mol. The Balaban J connectivity index is 1.48. The monoisotopic (exact) mass is 375 g/mol. The largest absolute Gasteiger partial charge is 0.450 e. The Morgan fingerprint density at radius 2 is 1.81 bits per heavy atom. The number of rotatable bonds is 4. The zero-order chi connectivity index (χ0) is 19.2. The maximum absolute atomic E-state index is 12.4. The van der Waals surface area contributed by atoms with Gasteiger partial charge in [0.1, 0.15) is 0 Å². The first kappa shape index (κ1) is 19.4. The number of ether oxygens (including phenoxy) is 1. The van der Waals surface area contributed by atoms with Gasteiger partial charge < -0.3 is 19.9 Å². The van der Waals surface area contributed by atoms with E-state index in [1.165, 1.54) is 0 Å². The first-order chi connectivity index (χ1) is 13.1. The van der Waals surface area contributed by atoms with Gasteiger partial charge in [-0.15, -0.1) is 10.2 Å². The first-order valence-corrected chi connectivity index (χ1v) is 9.88. The summed E-state index contributed by atoms with van der Waals surface area (Å²) in [5.41, 5.74) is 0.331. The highest BCUT2D eigenvalue weighted by atomic mass is 16.6. The maximum Gasteiger partial charge on any atom is 0.409 e. The van der Waals surface area contributed by atoms with Gasteiger partial charge in [0, 0.05) is 32.2 Å². The third-order valence-corrected chi connectivity index (χ3v) is 5.35. The molecule has 0 saturated carbocycles. The Hall–Kier alpha value is -2.38. The molecule has 3 heterocycles. The molecule has 0 radical (unpaired) electrons. The number of piperidine rings is 2. The van der Waals surface area contributed by atoms with Crippen LogP contribution in [-0.4, -0.2) is 65.9 Å². The van der Waals surface area contributed by atoms with Gasteiger partial charge in [0.15, 0.2) is 11.5 Å². The minimum absolute atomic E-state index is 0.0354. The molecular formula is C19H29N5O3. The van der Waals surface area contributed by atoms with Crippen LogP contribution in [0.4, 0.5) is 10.6 Å². The van der Waals surface area contributed by atoms with Gasteiger partial charge in [-0.05, 0) is 50.7 Å². The van der Waals surface area contributed by atoms with E-state index in [0.29, 0.717) is 38.2 Å². The van der Waals surface area contributed by atoms with Crippen molar-refractivity contribution in [2.24, 2.45) is 5.92 Å². The minimum atomic E-state index is -0.282. The van der Waals surface area contributed by atoms with Crippen molar-refractivity contribution in [3.05, 3.63) is 17.8 Å². The van der Waals surface area contributed by atoms with Crippen LogP contribution in [0.25, 0.3) is 0 Å². The van der Waals surface area contributed by atoms with E-state index in [-0.39, 0.29) is 18.0 Å². The van der Waals surface area contributed by atoms with Crippen molar-refractivity contribution in [1.82, 2.24) is 20.4 Å². The average Bonchev–Trinajstić information content (AvgIpc) is 2.69. The van der Waals surface area contributed by atoms with Gasteiger partial charge in [-0.3, -0.25) is 4.79 Å². The molecule has 1 aromatic heterocycles. The fourth-order valence-electron chi connectivity index (χ4n) is 3.53. The van der Waals surface area contributed by atoms with E-state index in [1.807, 2.05) is 6.07 Å². The molecule has 0 bridgehead atoms. The van der Waals surface area contributed by atoms with Gasteiger partial charge >= 0.3 is 6.09 Å². The normalized spacial score (nSPS) is 19.0. The topological polar surface area (TPSA) is 87.7 Å². The first-order valence-electron chi connectivity index (χ1n) is 9.88. The summed E-state index contributed by atoms with van der Waals surface area (Å²) in [7, 11) is 0. The fraction of sp³-hybridized carbons (Fsp3) is 0.684. The molecule has 0 aromatic carbocycles. The number of hydrogen-bond donors (Lipinski definition) is 1. The number of nitrogens with one attached hydrogen (secondary N) is 1. The van der Waals surface area contributed by atoms with Gasteiger partial charge in [0.05, 0.1) is 6.61 Å². The standard InChI is InChI=1S/C19H29N5O3/c1-3-27-19(26)24-12-8-15(9-13-24)20-18(25)16-4-5-17(22-21-16)23-10-6-14(2)7-11-23/h4-5,14-15H,3,6-13H2,1-2H3,(H,20,25). The van der Waals surface area contributed by atoms with Crippen molar-refractivity contribution in [2.75, 3.05) is 37.7 Å². The summed E-state index contributed by atoms with van der Waals surface area (Å²) in [5.74, 6) is 1.38. The zero-order valence-electron chi connectivity index (χ0n) is 16.2. The molecule has 8 heteroatoms. The highest BCUT2D eigenvalue weighted by Crippen LogP contribution is 2.20. The molecule has 2 saturated heterocycles. The zero-order valence-corrected chi connectivity index (χ0v) is 16.2. The van der Waals surface area contributed by atoms with Gasteiger partial charge in [-0.2, -0.15) is 0 Å². The summed E-state index contributed by atoms with van der Waals surface area (Å²) in [4.78, 5) is 28.1. The van der Waals surface area contributed by atoms with Crippen LogP contribution >= 0.6 is 0 Å². The molecule has 2 amide bonds.